The zero-order valence-electron chi connectivity index (χ0n) is 14.6. The van der Waals surface area contributed by atoms with Gasteiger partial charge in [-0.05, 0) is 60.7 Å². The van der Waals surface area contributed by atoms with Gasteiger partial charge in [0.2, 0.25) is 0 Å². The molecule has 0 bridgehead atoms. The molecule has 3 aromatic carbocycles. The molecule has 5 nitrogen and oxygen atoms in total. The van der Waals surface area contributed by atoms with Gasteiger partial charge in [-0.1, -0.05) is 6.07 Å². The molecule has 0 fully saturated rings. The van der Waals surface area contributed by atoms with Crippen LogP contribution in [0.15, 0.2) is 71.7 Å². The van der Waals surface area contributed by atoms with Crippen LogP contribution in [0.1, 0.15) is 5.56 Å². The van der Waals surface area contributed by atoms with Gasteiger partial charge in [-0.25, -0.2) is 0 Å². The van der Waals surface area contributed by atoms with Crippen molar-refractivity contribution >= 4 is 23.3 Å². The van der Waals surface area contributed by atoms with Gasteiger partial charge in [0.15, 0.2) is 11.5 Å². The Labute approximate surface area is 152 Å². The highest BCUT2D eigenvalue weighted by molar-refractivity contribution is 5.86. The second-order valence-electron chi connectivity index (χ2n) is 5.56. The molecule has 0 aliphatic carbocycles. The van der Waals surface area contributed by atoms with Crippen molar-refractivity contribution in [3.63, 3.8) is 0 Å². The number of methoxy groups -OCH3 is 2. The van der Waals surface area contributed by atoms with Crippen LogP contribution < -0.4 is 14.8 Å². The molecule has 0 saturated heterocycles. The Balaban J connectivity index is 1.69. The van der Waals surface area contributed by atoms with Crippen molar-refractivity contribution in [2.75, 3.05) is 19.5 Å². The van der Waals surface area contributed by atoms with Crippen molar-refractivity contribution < 1.29 is 14.6 Å². The molecule has 26 heavy (non-hydrogen) atoms. The van der Waals surface area contributed by atoms with E-state index in [4.69, 9.17) is 9.47 Å². The zero-order chi connectivity index (χ0) is 18.4. The minimum absolute atomic E-state index is 0.0801. The van der Waals surface area contributed by atoms with Crippen molar-refractivity contribution in [2.24, 2.45) is 4.99 Å². The van der Waals surface area contributed by atoms with Gasteiger partial charge in [0.05, 0.1) is 19.9 Å². The number of ether oxygens (including phenoxy) is 2. The lowest BCUT2D eigenvalue weighted by Gasteiger charge is -2.07. The number of phenols is 1. The van der Waals surface area contributed by atoms with Crippen LogP contribution in [0.2, 0.25) is 0 Å². The number of hydrogen-bond acceptors (Lipinski definition) is 5. The minimum Gasteiger partial charge on any atom is -0.504 e. The monoisotopic (exact) mass is 348 g/mol. The van der Waals surface area contributed by atoms with Crippen molar-refractivity contribution in [3.8, 4) is 17.2 Å². The van der Waals surface area contributed by atoms with Crippen molar-refractivity contribution in [1.29, 1.82) is 0 Å². The summed E-state index contributed by atoms with van der Waals surface area (Å²) in [5.74, 6) is 1.32. The average Bonchev–Trinajstić information content (AvgIpc) is 2.69. The van der Waals surface area contributed by atoms with Gasteiger partial charge >= 0.3 is 0 Å². The highest BCUT2D eigenvalue weighted by Crippen LogP contribution is 2.29. The number of hydrogen-bond donors (Lipinski definition) is 2. The van der Waals surface area contributed by atoms with Crippen molar-refractivity contribution in [2.45, 2.75) is 0 Å². The molecule has 0 amide bonds. The van der Waals surface area contributed by atoms with E-state index in [2.05, 4.69) is 10.3 Å². The first kappa shape index (κ1) is 17.4. The Morgan fingerprint density at radius 1 is 0.846 bits per heavy atom. The Kier molecular flexibility index (Phi) is 5.39. The molecule has 0 saturated carbocycles. The van der Waals surface area contributed by atoms with E-state index < -0.39 is 0 Å². The fourth-order valence-corrected chi connectivity index (χ4v) is 2.42. The number of rotatable bonds is 6. The number of aromatic hydroxyl groups is 1. The summed E-state index contributed by atoms with van der Waals surface area (Å²) < 4.78 is 10.2. The second-order valence-corrected chi connectivity index (χ2v) is 5.56. The Hall–Kier alpha value is -3.47. The fraction of sp³-hybridized carbons (Fsp3) is 0.0952. The maximum atomic E-state index is 10.1. The number of nitrogens with one attached hydrogen (secondary N) is 1. The van der Waals surface area contributed by atoms with E-state index in [1.54, 1.807) is 25.5 Å². The number of nitrogens with zero attached hydrogens (tertiary/aromatic N) is 1. The molecule has 132 valence electrons. The molecule has 0 aliphatic rings. The molecular formula is C21H20N2O3. The number of para-hydroxylation sites is 1. The van der Waals surface area contributed by atoms with Crippen LogP contribution >= 0.6 is 0 Å². The lowest BCUT2D eigenvalue weighted by molar-refractivity contribution is 0.373. The zero-order valence-corrected chi connectivity index (χ0v) is 14.6. The van der Waals surface area contributed by atoms with E-state index in [-0.39, 0.29) is 5.75 Å². The smallest absolute Gasteiger partial charge is 0.166 e. The van der Waals surface area contributed by atoms with Crippen LogP contribution in [0.5, 0.6) is 17.2 Å². The minimum atomic E-state index is 0.0801. The lowest BCUT2D eigenvalue weighted by Crippen LogP contribution is -1.90. The van der Waals surface area contributed by atoms with E-state index >= 15 is 0 Å². The molecule has 2 N–H and O–H groups in total. The van der Waals surface area contributed by atoms with Gasteiger partial charge in [-0.3, -0.25) is 4.99 Å². The van der Waals surface area contributed by atoms with Gasteiger partial charge in [0.25, 0.3) is 0 Å². The predicted molar refractivity (Wildman–Crippen MR) is 105 cm³/mol. The Bertz CT molecular complexity index is 888. The Morgan fingerprint density at radius 3 is 2.12 bits per heavy atom. The molecule has 3 aromatic rings. The summed E-state index contributed by atoms with van der Waals surface area (Å²) in [4.78, 5) is 4.40. The third-order valence-corrected chi connectivity index (χ3v) is 3.85. The van der Waals surface area contributed by atoms with Crippen LogP contribution in [0.3, 0.4) is 0 Å². The van der Waals surface area contributed by atoms with Gasteiger partial charge in [0.1, 0.15) is 5.75 Å². The molecule has 0 unspecified atom stereocenters. The van der Waals surface area contributed by atoms with E-state index in [1.165, 1.54) is 7.11 Å². The highest BCUT2D eigenvalue weighted by atomic mass is 16.5. The average molecular weight is 348 g/mol. The third kappa shape index (κ3) is 4.13. The number of benzene rings is 3. The topological polar surface area (TPSA) is 63.1 Å². The molecule has 0 radical (unpaired) electrons. The number of anilines is 2. The first-order chi connectivity index (χ1) is 12.7. The third-order valence-electron chi connectivity index (χ3n) is 3.85. The van der Waals surface area contributed by atoms with Gasteiger partial charge in [-0.2, -0.15) is 0 Å². The fourth-order valence-electron chi connectivity index (χ4n) is 2.42. The van der Waals surface area contributed by atoms with E-state index in [9.17, 15) is 5.11 Å². The largest absolute Gasteiger partial charge is 0.504 e. The summed E-state index contributed by atoms with van der Waals surface area (Å²) in [5, 5.41) is 13.4. The van der Waals surface area contributed by atoms with Gasteiger partial charge in [-0.15, -0.1) is 0 Å². The molecule has 0 aromatic heterocycles. The van der Waals surface area contributed by atoms with Gasteiger partial charge in [0, 0.05) is 23.2 Å². The summed E-state index contributed by atoms with van der Waals surface area (Å²) in [6.45, 7) is 0. The molecular weight excluding hydrogens is 328 g/mol. The molecule has 5 heteroatoms. The highest BCUT2D eigenvalue weighted by Gasteiger charge is 2.04. The van der Waals surface area contributed by atoms with Crippen molar-refractivity contribution in [1.82, 2.24) is 0 Å². The Morgan fingerprint density at radius 2 is 1.50 bits per heavy atom. The summed E-state index contributed by atoms with van der Waals surface area (Å²) in [6.07, 6.45) is 1.61. The number of phenolic OH excluding ortho intramolecular Hbond substituents is 1. The molecule has 3 rings (SSSR count). The lowest BCUT2D eigenvalue weighted by atomic mass is 10.2. The second kappa shape index (κ2) is 8.07. The van der Waals surface area contributed by atoms with E-state index in [0.29, 0.717) is 11.3 Å². The predicted octanol–water partition coefficient (Wildman–Crippen LogP) is 4.90. The van der Waals surface area contributed by atoms with Crippen LogP contribution in [-0.4, -0.2) is 25.5 Å². The quantitative estimate of drug-likeness (QED) is 0.622. The van der Waals surface area contributed by atoms with Crippen LogP contribution in [0.25, 0.3) is 0 Å². The maximum Gasteiger partial charge on any atom is 0.166 e. The normalized spacial score (nSPS) is 10.7. The first-order valence-electron chi connectivity index (χ1n) is 8.11. The molecule has 0 spiro atoms. The van der Waals surface area contributed by atoms with Crippen LogP contribution in [0, 0.1) is 0 Å². The summed E-state index contributed by atoms with van der Waals surface area (Å²) in [6, 6.07) is 20.7. The van der Waals surface area contributed by atoms with E-state index in [1.807, 2.05) is 54.6 Å². The standard InChI is InChI=1S/C21H20N2O3/c1-25-19-12-10-18(11-13-19)23-17-8-6-16(7-9-17)22-14-15-4-3-5-20(26-2)21(15)24/h3-14,23-24H,1-2H3. The SMILES string of the molecule is COc1ccc(Nc2ccc(N=Cc3cccc(OC)c3O)cc2)cc1. The summed E-state index contributed by atoms with van der Waals surface area (Å²) in [7, 11) is 3.16. The molecule has 0 atom stereocenters. The molecule has 0 heterocycles. The summed E-state index contributed by atoms with van der Waals surface area (Å²) in [5.41, 5.74) is 3.32. The van der Waals surface area contributed by atoms with E-state index in [0.717, 1.165) is 22.8 Å². The van der Waals surface area contributed by atoms with Crippen LogP contribution in [0.4, 0.5) is 17.1 Å². The van der Waals surface area contributed by atoms with Gasteiger partial charge < -0.3 is 19.9 Å². The van der Waals surface area contributed by atoms with Crippen molar-refractivity contribution in [3.05, 3.63) is 72.3 Å². The maximum absolute atomic E-state index is 10.1. The first-order valence-corrected chi connectivity index (χ1v) is 8.11. The van der Waals surface area contributed by atoms with Crippen LogP contribution in [-0.2, 0) is 0 Å². The summed E-state index contributed by atoms with van der Waals surface area (Å²) >= 11 is 0. The molecule has 0 aliphatic heterocycles. The number of aliphatic imine (C=N–C) groups is 1.